The lowest BCUT2D eigenvalue weighted by Crippen LogP contribution is -2.29. The van der Waals surface area contributed by atoms with Crippen LogP contribution in [0.15, 0.2) is 77.6 Å². The van der Waals surface area contributed by atoms with Gasteiger partial charge in [0, 0.05) is 35.3 Å². The Morgan fingerprint density at radius 1 is 1.11 bits per heavy atom. The first-order valence-corrected chi connectivity index (χ1v) is 11.6. The van der Waals surface area contributed by atoms with Crippen molar-refractivity contribution >= 4 is 39.9 Å². The Balaban J connectivity index is 1.45. The van der Waals surface area contributed by atoms with Crippen molar-refractivity contribution in [1.29, 1.82) is 0 Å². The fourth-order valence-electron chi connectivity index (χ4n) is 4.19. The van der Waals surface area contributed by atoms with Crippen LogP contribution in [0.4, 0.5) is 11.5 Å². The Hall–Kier alpha value is -3.88. The largest absolute Gasteiger partial charge is 0.484 e. The van der Waals surface area contributed by atoms with E-state index in [1.54, 1.807) is 48.5 Å². The molecule has 8 nitrogen and oxygen atoms in total. The first-order valence-electron chi connectivity index (χ1n) is 11.2. The molecule has 1 amide bonds. The lowest BCUT2D eigenvalue weighted by Gasteiger charge is -2.20. The minimum Gasteiger partial charge on any atom is -0.484 e. The topological polar surface area (TPSA) is 96.7 Å². The predicted molar refractivity (Wildman–Crippen MR) is 136 cm³/mol. The molecule has 1 fully saturated rings. The summed E-state index contributed by atoms with van der Waals surface area (Å²) in [5, 5.41) is 14.0. The van der Waals surface area contributed by atoms with Gasteiger partial charge in [-0.25, -0.2) is 4.79 Å². The Morgan fingerprint density at radius 3 is 2.71 bits per heavy atom. The fraction of sp³-hybridized carbons (Fsp3) is 0.192. The Bertz CT molecular complexity index is 1440. The van der Waals surface area contributed by atoms with Crippen LogP contribution in [0, 0.1) is 0 Å². The van der Waals surface area contributed by atoms with Crippen LogP contribution in [0.5, 0.6) is 5.75 Å². The molecule has 0 bridgehead atoms. The van der Waals surface area contributed by atoms with Gasteiger partial charge in [0.25, 0.3) is 5.91 Å². The maximum atomic E-state index is 13.2. The molecule has 2 N–H and O–H groups in total. The highest BCUT2D eigenvalue weighted by Gasteiger charge is 2.25. The van der Waals surface area contributed by atoms with E-state index < -0.39 is 11.8 Å². The lowest BCUT2D eigenvalue weighted by atomic mass is 10.2. The van der Waals surface area contributed by atoms with Crippen LogP contribution in [0.1, 0.15) is 6.42 Å². The average Bonchev–Trinajstić information content (AvgIpc) is 3.29. The number of aliphatic hydroxyl groups excluding tert-OH is 1. The second kappa shape index (κ2) is 9.77. The van der Waals surface area contributed by atoms with E-state index in [1.807, 2.05) is 29.2 Å². The highest BCUT2D eigenvalue weighted by molar-refractivity contribution is 6.31. The number of benzene rings is 3. The summed E-state index contributed by atoms with van der Waals surface area (Å²) in [5.41, 5.74) is 1.33. The maximum Gasteiger partial charge on any atom is 0.354 e. The van der Waals surface area contributed by atoms with Gasteiger partial charge in [-0.1, -0.05) is 35.9 Å². The quantitative estimate of drug-likeness (QED) is 0.428. The molecule has 178 valence electrons. The highest BCUT2D eigenvalue weighted by Crippen LogP contribution is 2.30. The van der Waals surface area contributed by atoms with Gasteiger partial charge in [-0.2, -0.15) is 4.98 Å². The van der Waals surface area contributed by atoms with Crippen molar-refractivity contribution in [1.82, 2.24) is 9.55 Å². The molecule has 9 heteroatoms. The number of halogens is 1. The number of carbonyl (C=O) groups is 1. The van der Waals surface area contributed by atoms with E-state index in [1.165, 1.54) is 4.57 Å². The molecule has 0 radical (unpaired) electrons. The third-order valence-electron chi connectivity index (χ3n) is 5.80. The number of nitrogens with one attached hydrogen (secondary N) is 1. The smallest absolute Gasteiger partial charge is 0.354 e. The Labute approximate surface area is 206 Å². The lowest BCUT2D eigenvalue weighted by molar-refractivity contribution is -0.118. The molecule has 1 aromatic heterocycles. The Kier molecular flexibility index (Phi) is 6.39. The number of ether oxygens (including phenoxy) is 1. The molecule has 1 aliphatic rings. The van der Waals surface area contributed by atoms with Crippen LogP contribution < -0.4 is 20.6 Å². The van der Waals surface area contributed by atoms with E-state index in [0.717, 1.165) is 5.39 Å². The van der Waals surface area contributed by atoms with Gasteiger partial charge in [0.2, 0.25) is 0 Å². The van der Waals surface area contributed by atoms with Gasteiger partial charge in [-0.05, 0) is 48.9 Å². The molecule has 35 heavy (non-hydrogen) atoms. The van der Waals surface area contributed by atoms with Crippen molar-refractivity contribution in [3.8, 4) is 11.4 Å². The molecule has 1 saturated heterocycles. The Morgan fingerprint density at radius 2 is 1.94 bits per heavy atom. The molecular formula is C26H23ClN4O4. The van der Waals surface area contributed by atoms with Crippen LogP contribution in [0.25, 0.3) is 16.6 Å². The molecule has 2 heterocycles. The zero-order valence-corrected chi connectivity index (χ0v) is 19.5. The number of hydrogen-bond donors (Lipinski definition) is 2. The van der Waals surface area contributed by atoms with Crippen molar-refractivity contribution in [2.75, 3.05) is 29.9 Å². The summed E-state index contributed by atoms with van der Waals surface area (Å²) < 4.78 is 7.15. The van der Waals surface area contributed by atoms with Crippen LogP contribution in [-0.2, 0) is 4.79 Å². The van der Waals surface area contributed by atoms with E-state index in [9.17, 15) is 14.7 Å². The third kappa shape index (κ3) is 4.99. The number of nitrogens with zero attached hydrogens (tertiary/aromatic N) is 3. The van der Waals surface area contributed by atoms with E-state index >= 15 is 0 Å². The zero-order chi connectivity index (χ0) is 24.4. The molecular weight excluding hydrogens is 468 g/mol. The van der Waals surface area contributed by atoms with Gasteiger partial charge in [0.1, 0.15) is 11.6 Å². The monoisotopic (exact) mass is 490 g/mol. The average molecular weight is 491 g/mol. The first-order chi connectivity index (χ1) is 17.0. The normalized spacial score (nSPS) is 15.4. The van der Waals surface area contributed by atoms with Gasteiger partial charge in [-0.3, -0.25) is 9.36 Å². The van der Waals surface area contributed by atoms with Gasteiger partial charge < -0.3 is 20.1 Å². The number of rotatable bonds is 6. The molecule has 3 aromatic carbocycles. The molecule has 0 unspecified atom stereocenters. The number of β-amino-alcohol motifs (C(OH)–C–C–N with tert-alkyl or cyclic N) is 1. The third-order valence-corrected chi connectivity index (χ3v) is 6.04. The summed E-state index contributed by atoms with van der Waals surface area (Å²) in [5.74, 6) is 0.661. The molecule has 0 saturated carbocycles. The minimum atomic E-state index is -0.477. The number of aliphatic hydroxyl groups is 1. The summed E-state index contributed by atoms with van der Waals surface area (Å²) in [7, 11) is 0. The number of carbonyl (C=O) groups excluding carboxylic acids is 1. The summed E-state index contributed by atoms with van der Waals surface area (Å²) in [6.07, 6.45) is 0.173. The van der Waals surface area contributed by atoms with E-state index in [4.69, 9.17) is 16.3 Å². The molecule has 0 spiro atoms. The number of anilines is 2. The summed E-state index contributed by atoms with van der Waals surface area (Å²) in [6, 6.07) is 21.3. The minimum absolute atomic E-state index is 0.186. The van der Waals surface area contributed by atoms with Gasteiger partial charge in [0.05, 0.1) is 17.3 Å². The van der Waals surface area contributed by atoms with Crippen LogP contribution in [-0.4, -0.2) is 46.4 Å². The first kappa shape index (κ1) is 22.9. The summed E-state index contributed by atoms with van der Waals surface area (Å²) in [4.78, 5) is 31.7. The molecule has 4 aromatic rings. The second-order valence-corrected chi connectivity index (χ2v) is 8.74. The number of amides is 1. The van der Waals surface area contributed by atoms with E-state index in [2.05, 4.69) is 10.3 Å². The van der Waals surface area contributed by atoms with Crippen molar-refractivity contribution in [2.45, 2.75) is 12.5 Å². The summed E-state index contributed by atoms with van der Waals surface area (Å²) in [6.45, 7) is 0.848. The second-order valence-electron chi connectivity index (χ2n) is 8.30. The number of fused-ring (bicyclic) bond motifs is 1. The summed E-state index contributed by atoms with van der Waals surface area (Å²) >= 11 is 6.29. The van der Waals surface area contributed by atoms with Crippen LogP contribution in [0.3, 0.4) is 0 Å². The predicted octanol–water partition coefficient (Wildman–Crippen LogP) is 3.63. The van der Waals surface area contributed by atoms with E-state index in [0.29, 0.717) is 53.0 Å². The van der Waals surface area contributed by atoms with Crippen molar-refractivity contribution in [3.05, 3.63) is 88.3 Å². The number of hydrogen-bond acceptors (Lipinski definition) is 6. The molecule has 5 rings (SSSR count). The SMILES string of the molecule is O=C(COc1cccc(-n2c(=O)nc(N3CC[C@@H](O)C3)c3ccc(Cl)cc32)c1)Nc1ccccc1. The van der Waals surface area contributed by atoms with Crippen molar-refractivity contribution in [2.24, 2.45) is 0 Å². The molecule has 1 aliphatic heterocycles. The van der Waals surface area contributed by atoms with E-state index in [-0.39, 0.29) is 12.5 Å². The number of para-hydroxylation sites is 1. The fourth-order valence-corrected chi connectivity index (χ4v) is 4.35. The van der Waals surface area contributed by atoms with Crippen LogP contribution in [0.2, 0.25) is 5.02 Å². The highest BCUT2D eigenvalue weighted by atomic mass is 35.5. The molecule has 1 atom stereocenters. The van der Waals surface area contributed by atoms with Crippen molar-refractivity contribution in [3.63, 3.8) is 0 Å². The maximum absolute atomic E-state index is 13.2. The number of aromatic nitrogens is 2. The standard InChI is InChI=1S/C26H23ClN4O4/c27-17-9-10-22-23(13-17)31(26(34)29-25(22)30-12-11-20(32)15-30)19-7-4-8-21(14-19)35-16-24(33)28-18-5-2-1-3-6-18/h1-10,13-14,20,32H,11-12,15-16H2,(H,28,33)/t20-/m1/s1. The van der Waals surface area contributed by atoms with Gasteiger partial charge >= 0.3 is 5.69 Å². The zero-order valence-electron chi connectivity index (χ0n) is 18.7. The van der Waals surface area contributed by atoms with Gasteiger partial charge in [-0.15, -0.1) is 0 Å². The molecule has 0 aliphatic carbocycles. The van der Waals surface area contributed by atoms with Gasteiger partial charge in [0.15, 0.2) is 6.61 Å². The van der Waals surface area contributed by atoms with Crippen molar-refractivity contribution < 1.29 is 14.6 Å². The van der Waals surface area contributed by atoms with Crippen LogP contribution >= 0.6 is 11.6 Å².